The Kier molecular flexibility index (Phi) is 3.73. The van der Waals surface area contributed by atoms with Crippen LogP contribution in [0.2, 0.25) is 5.28 Å². The number of hydrogen-bond acceptors (Lipinski definition) is 2. The number of hydrogen-bond donors (Lipinski definition) is 0. The molecule has 0 fully saturated rings. The second kappa shape index (κ2) is 4.98. The Hall–Kier alpha value is -1.63. The maximum absolute atomic E-state index is 13.3. The summed E-state index contributed by atoms with van der Waals surface area (Å²) in [7, 11) is 0. The van der Waals surface area contributed by atoms with Crippen molar-refractivity contribution in [3.05, 3.63) is 40.7 Å². The van der Waals surface area contributed by atoms with Crippen LogP contribution in [0.4, 0.5) is 17.6 Å². The van der Waals surface area contributed by atoms with Crippen molar-refractivity contribution < 1.29 is 17.6 Å². The summed E-state index contributed by atoms with van der Waals surface area (Å²) in [5, 5.41) is 7.48. The van der Waals surface area contributed by atoms with Crippen LogP contribution in [-0.2, 0) is 11.6 Å². The Bertz CT molecular complexity index is 671. The zero-order valence-electron chi connectivity index (χ0n) is 11.5. The minimum Gasteiger partial charge on any atom is -0.269 e. The highest BCUT2D eigenvalue weighted by Gasteiger charge is 2.35. The molecule has 1 heterocycles. The van der Waals surface area contributed by atoms with Crippen LogP contribution in [0.5, 0.6) is 0 Å². The molecular formula is C13H12ClF4N3. The highest BCUT2D eigenvalue weighted by atomic mass is 35.5. The van der Waals surface area contributed by atoms with Crippen LogP contribution < -0.4 is 0 Å². The average molecular weight is 322 g/mol. The molecule has 3 nitrogen and oxygen atoms in total. The molecule has 2 rings (SSSR count). The Morgan fingerprint density at radius 1 is 1.10 bits per heavy atom. The molecule has 0 bridgehead atoms. The predicted octanol–water partition coefficient (Wildman–Crippen LogP) is 4.38. The summed E-state index contributed by atoms with van der Waals surface area (Å²) in [6.45, 7) is 5.45. The lowest BCUT2D eigenvalue weighted by Gasteiger charge is -2.19. The zero-order chi connectivity index (χ0) is 16.0. The summed E-state index contributed by atoms with van der Waals surface area (Å²) in [6.07, 6.45) is -4.79. The van der Waals surface area contributed by atoms with Crippen LogP contribution in [0.3, 0.4) is 0 Å². The van der Waals surface area contributed by atoms with Gasteiger partial charge in [-0.1, -0.05) is 20.8 Å². The number of rotatable bonds is 1. The van der Waals surface area contributed by atoms with Crippen LogP contribution in [0, 0.1) is 5.82 Å². The largest absolute Gasteiger partial charge is 0.419 e. The molecule has 0 unspecified atom stereocenters. The van der Waals surface area contributed by atoms with E-state index in [1.807, 2.05) is 20.8 Å². The highest BCUT2D eigenvalue weighted by Crippen LogP contribution is 2.34. The van der Waals surface area contributed by atoms with Gasteiger partial charge in [-0.05, 0) is 29.8 Å². The molecule has 0 saturated carbocycles. The first-order chi connectivity index (χ1) is 9.51. The summed E-state index contributed by atoms with van der Waals surface area (Å²) < 4.78 is 53.0. The molecule has 0 radical (unpaired) electrons. The summed E-state index contributed by atoms with van der Waals surface area (Å²) >= 11 is 5.91. The van der Waals surface area contributed by atoms with Gasteiger partial charge in [0.2, 0.25) is 5.28 Å². The number of aromatic nitrogens is 3. The molecular weight excluding hydrogens is 310 g/mol. The molecule has 2 aromatic rings. The van der Waals surface area contributed by atoms with Gasteiger partial charge in [0, 0.05) is 5.41 Å². The lowest BCUT2D eigenvalue weighted by molar-refractivity contribution is -0.140. The fourth-order valence-corrected chi connectivity index (χ4v) is 2.06. The third-order valence-corrected chi connectivity index (χ3v) is 3.05. The molecule has 0 amide bonds. The normalized spacial score (nSPS) is 12.8. The van der Waals surface area contributed by atoms with Crippen molar-refractivity contribution in [1.29, 1.82) is 0 Å². The molecule has 1 aromatic heterocycles. The standard InChI is InChI=1S/C13H12ClF4N3/c1-12(2,3)10-19-20-11(14)21(10)7-4-5-9(15)8(6-7)13(16,17)18/h4-6H,1-3H3. The quantitative estimate of drug-likeness (QED) is 0.730. The molecule has 0 aliphatic rings. The lowest BCUT2D eigenvalue weighted by atomic mass is 9.95. The van der Waals surface area contributed by atoms with Crippen LogP contribution in [0.1, 0.15) is 32.2 Å². The molecule has 0 N–H and O–H groups in total. The van der Waals surface area contributed by atoms with Gasteiger partial charge >= 0.3 is 6.18 Å². The smallest absolute Gasteiger partial charge is 0.269 e. The number of benzene rings is 1. The molecule has 0 saturated heterocycles. The van der Waals surface area contributed by atoms with E-state index in [0.717, 1.165) is 6.07 Å². The summed E-state index contributed by atoms with van der Waals surface area (Å²) in [4.78, 5) is 0. The van der Waals surface area contributed by atoms with Crippen molar-refractivity contribution in [2.24, 2.45) is 0 Å². The molecule has 0 atom stereocenters. The van der Waals surface area contributed by atoms with E-state index in [9.17, 15) is 17.6 Å². The van der Waals surface area contributed by atoms with Gasteiger partial charge < -0.3 is 0 Å². The van der Waals surface area contributed by atoms with E-state index in [-0.39, 0.29) is 11.0 Å². The van der Waals surface area contributed by atoms with Crippen molar-refractivity contribution in [2.45, 2.75) is 32.4 Å². The van der Waals surface area contributed by atoms with Gasteiger partial charge in [-0.15, -0.1) is 10.2 Å². The van der Waals surface area contributed by atoms with Crippen LogP contribution in [0.25, 0.3) is 5.69 Å². The van der Waals surface area contributed by atoms with Crippen molar-refractivity contribution in [3.63, 3.8) is 0 Å². The van der Waals surface area contributed by atoms with Crippen molar-refractivity contribution in [1.82, 2.24) is 14.8 Å². The van der Waals surface area contributed by atoms with Crippen molar-refractivity contribution >= 4 is 11.6 Å². The Balaban J connectivity index is 2.67. The second-order valence-electron chi connectivity index (χ2n) is 5.54. The van der Waals surface area contributed by atoms with Gasteiger partial charge in [0.15, 0.2) is 0 Å². The minimum absolute atomic E-state index is 0.0589. The van der Waals surface area contributed by atoms with Crippen molar-refractivity contribution in [3.8, 4) is 5.69 Å². The molecule has 0 spiro atoms. The van der Waals surface area contributed by atoms with E-state index in [0.29, 0.717) is 11.9 Å². The average Bonchev–Trinajstić information content (AvgIpc) is 2.70. The SMILES string of the molecule is CC(C)(C)c1nnc(Cl)n1-c1ccc(F)c(C(F)(F)F)c1. The van der Waals surface area contributed by atoms with E-state index in [4.69, 9.17) is 11.6 Å². The molecule has 8 heteroatoms. The van der Waals surface area contributed by atoms with E-state index in [1.165, 1.54) is 10.6 Å². The lowest BCUT2D eigenvalue weighted by Crippen LogP contribution is -2.19. The molecule has 114 valence electrons. The van der Waals surface area contributed by atoms with Crippen LogP contribution in [0.15, 0.2) is 18.2 Å². The fraction of sp³-hybridized carbons (Fsp3) is 0.385. The van der Waals surface area contributed by atoms with Gasteiger partial charge in [-0.2, -0.15) is 13.2 Å². The monoisotopic (exact) mass is 321 g/mol. The third kappa shape index (κ3) is 3.02. The minimum atomic E-state index is -4.79. The summed E-state index contributed by atoms with van der Waals surface area (Å²) in [6, 6.07) is 2.65. The number of halogens is 5. The van der Waals surface area contributed by atoms with Crippen LogP contribution in [-0.4, -0.2) is 14.8 Å². The third-order valence-electron chi connectivity index (χ3n) is 2.81. The first kappa shape index (κ1) is 15.8. The van der Waals surface area contributed by atoms with Gasteiger partial charge in [0.25, 0.3) is 0 Å². The molecule has 0 aliphatic heterocycles. The molecule has 0 aliphatic carbocycles. The Morgan fingerprint density at radius 2 is 1.71 bits per heavy atom. The van der Waals surface area contributed by atoms with Gasteiger partial charge in [-0.3, -0.25) is 4.57 Å². The van der Waals surface area contributed by atoms with Gasteiger partial charge in [-0.25, -0.2) is 4.39 Å². The molecule has 1 aromatic carbocycles. The van der Waals surface area contributed by atoms with E-state index < -0.39 is 23.0 Å². The second-order valence-corrected chi connectivity index (χ2v) is 5.88. The topological polar surface area (TPSA) is 30.7 Å². The van der Waals surface area contributed by atoms with E-state index in [2.05, 4.69) is 10.2 Å². The number of nitrogens with zero attached hydrogens (tertiary/aromatic N) is 3. The number of alkyl halides is 3. The Labute approximate surface area is 123 Å². The maximum atomic E-state index is 13.3. The fourth-order valence-electron chi connectivity index (χ4n) is 1.85. The van der Waals surface area contributed by atoms with Gasteiger partial charge in [0.1, 0.15) is 11.6 Å². The maximum Gasteiger partial charge on any atom is 0.419 e. The van der Waals surface area contributed by atoms with Gasteiger partial charge in [0.05, 0.1) is 11.3 Å². The van der Waals surface area contributed by atoms with E-state index >= 15 is 0 Å². The Morgan fingerprint density at radius 3 is 2.24 bits per heavy atom. The first-order valence-electron chi connectivity index (χ1n) is 6.00. The predicted molar refractivity (Wildman–Crippen MR) is 70.0 cm³/mol. The first-order valence-corrected chi connectivity index (χ1v) is 6.38. The van der Waals surface area contributed by atoms with Crippen LogP contribution >= 0.6 is 11.6 Å². The summed E-state index contributed by atoms with van der Waals surface area (Å²) in [5.74, 6) is -0.958. The zero-order valence-corrected chi connectivity index (χ0v) is 12.2. The summed E-state index contributed by atoms with van der Waals surface area (Å²) in [5.41, 5.74) is -1.79. The van der Waals surface area contributed by atoms with Crippen molar-refractivity contribution in [2.75, 3.05) is 0 Å². The highest BCUT2D eigenvalue weighted by molar-refractivity contribution is 6.28. The van der Waals surface area contributed by atoms with E-state index in [1.54, 1.807) is 0 Å². The molecule has 21 heavy (non-hydrogen) atoms.